The van der Waals surface area contributed by atoms with E-state index >= 15 is 0 Å². The van der Waals surface area contributed by atoms with E-state index in [4.69, 9.17) is 23.9 Å². The van der Waals surface area contributed by atoms with Crippen molar-refractivity contribution in [2.75, 3.05) is 6.61 Å². The van der Waals surface area contributed by atoms with E-state index < -0.39 is 42.8 Å². The number of imidazole rings is 1. The molecule has 1 aliphatic heterocycles. The topological polar surface area (TPSA) is 216 Å². The van der Waals surface area contributed by atoms with Crippen LogP contribution in [0.15, 0.2) is 12.7 Å². The maximum atomic E-state index is 11.4. The summed E-state index contributed by atoms with van der Waals surface area (Å²) in [6.07, 6.45) is 2.79. The molecule has 19 heteroatoms. The minimum atomic E-state index is -5.48. The molecule has 3 unspecified atom stereocenters. The van der Waals surface area contributed by atoms with Gasteiger partial charge in [-0.3, -0.25) is 0 Å². The molecule has 2 aromatic rings. The van der Waals surface area contributed by atoms with Crippen LogP contribution in [0, 0.1) is 3.70 Å². The molecule has 3 atom stereocenters. The normalized spacial score (nSPS) is 23.4. The summed E-state index contributed by atoms with van der Waals surface area (Å²) in [6, 6.07) is 0. The molecule has 0 aliphatic carbocycles. The number of rotatable bonds is 8. The molecule has 1 aliphatic rings. The first-order valence-electron chi connectivity index (χ1n) is 7.73. The van der Waals surface area contributed by atoms with Crippen LogP contribution in [-0.2, 0) is 27.0 Å². The summed E-state index contributed by atoms with van der Waals surface area (Å²) >= 11 is 2.02. The van der Waals surface area contributed by atoms with Gasteiger partial charge in [-0.2, -0.15) is 0 Å². The molecule has 1 fully saturated rings. The van der Waals surface area contributed by atoms with Gasteiger partial charge in [-0.05, 0) is 0 Å². The summed E-state index contributed by atoms with van der Waals surface area (Å²) in [5, 5.41) is 0. The molecule has 0 aromatic carbocycles. The number of ether oxygens (including phenoxy) is 1. The SMILES string of the molecule is O=P(O)(O)OP(=O)(O)O[PH](O)(O)OCC1CCC(n2cnc3c(I)ncnc32)O1. The van der Waals surface area contributed by atoms with Crippen molar-refractivity contribution in [1.82, 2.24) is 19.5 Å². The van der Waals surface area contributed by atoms with Gasteiger partial charge >= 0.3 is 177 Å². The monoisotopic (exact) mass is 588 g/mol. The summed E-state index contributed by atoms with van der Waals surface area (Å²) in [5.41, 5.74) is 1.16. The van der Waals surface area contributed by atoms with Crippen LogP contribution in [0.1, 0.15) is 19.1 Å². The third-order valence-electron chi connectivity index (χ3n) is 3.61. The summed E-state index contributed by atoms with van der Waals surface area (Å²) in [7, 11) is -16.1. The van der Waals surface area contributed by atoms with Gasteiger partial charge in [0.25, 0.3) is 0 Å². The van der Waals surface area contributed by atoms with Gasteiger partial charge in [-0.25, -0.2) is 0 Å². The van der Waals surface area contributed by atoms with Gasteiger partial charge in [0, 0.05) is 0 Å². The fourth-order valence-electron chi connectivity index (χ4n) is 2.58. The molecule has 5 N–H and O–H groups in total. The van der Waals surface area contributed by atoms with E-state index in [1.165, 1.54) is 12.7 Å². The molecule has 0 saturated carbocycles. The predicted molar refractivity (Wildman–Crippen MR) is 104 cm³/mol. The zero-order valence-corrected chi connectivity index (χ0v) is 19.1. The van der Waals surface area contributed by atoms with Crippen LogP contribution in [-0.4, -0.2) is 56.7 Å². The Morgan fingerprint density at radius 2 is 1.97 bits per heavy atom. The summed E-state index contributed by atoms with van der Waals surface area (Å²) in [6.45, 7) is -0.426. The fraction of sp³-hybridized carbons (Fsp3) is 0.500. The van der Waals surface area contributed by atoms with Crippen molar-refractivity contribution in [3.8, 4) is 0 Å². The third-order valence-corrected chi connectivity index (χ3v) is 8.49. The molecule has 2 aromatic heterocycles. The zero-order chi connectivity index (χ0) is 21.4. The van der Waals surface area contributed by atoms with Gasteiger partial charge in [0.15, 0.2) is 0 Å². The average molecular weight is 588 g/mol. The number of fused-ring (bicyclic) bond motifs is 1. The van der Waals surface area contributed by atoms with Crippen molar-refractivity contribution in [1.29, 1.82) is 0 Å². The van der Waals surface area contributed by atoms with Gasteiger partial charge < -0.3 is 0 Å². The first kappa shape index (κ1) is 23.5. The second kappa shape index (κ2) is 8.74. The number of halogens is 1. The molecule has 1 saturated heterocycles. The summed E-state index contributed by atoms with van der Waals surface area (Å²) in [4.78, 5) is 57.9. The van der Waals surface area contributed by atoms with E-state index in [0.29, 0.717) is 27.7 Å². The molecule has 0 amide bonds. The van der Waals surface area contributed by atoms with Crippen molar-refractivity contribution >= 4 is 57.6 Å². The molecule has 164 valence electrons. The number of nitrogens with zero attached hydrogens (tertiary/aromatic N) is 4. The van der Waals surface area contributed by atoms with Gasteiger partial charge in [-0.1, -0.05) is 0 Å². The first-order valence-corrected chi connectivity index (χ1v) is 13.5. The number of hydrogen-bond donors (Lipinski definition) is 5. The molecule has 0 spiro atoms. The van der Waals surface area contributed by atoms with Crippen LogP contribution in [0.4, 0.5) is 0 Å². The predicted octanol–water partition coefficient (Wildman–Crippen LogP) is 0.746. The van der Waals surface area contributed by atoms with Crippen molar-refractivity contribution in [2.24, 2.45) is 0 Å². The standard InChI is InChI=1S/C10H16IN4O11P3/c11-9-8-10(13-4-12-9)15(5-14-8)7-2-1-6(24-7)3-23-28(19,20)26-29(21,22)25-27(16,17)18/h4-7,19-20,28H,1-3H2,(H,21,22)(H2,16,17,18). The summed E-state index contributed by atoms with van der Waals surface area (Å²) < 4.78 is 42.3. The Balaban J connectivity index is 1.58. The molecule has 3 rings (SSSR count). The van der Waals surface area contributed by atoms with Crippen molar-refractivity contribution < 1.29 is 51.5 Å². The molecular formula is C10H16IN4O11P3. The first-order chi connectivity index (χ1) is 13.4. The molecule has 15 nitrogen and oxygen atoms in total. The Bertz CT molecular complexity index is 983. The van der Waals surface area contributed by atoms with E-state index in [1.807, 2.05) is 22.6 Å². The molecule has 0 bridgehead atoms. The zero-order valence-electron chi connectivity index (χ0n) is 14.2. The molecule has 0 radical (unpaired) electrons. The molecular weight excluding hydrogens is 572 g/mol. The molecule has 29 heavy (non-hydrogen) atoms. The Hall–Kier alpha value is -0.190. The Morgan fingerprint density at radius 3 is 2.66 bits per heavy atom. The van der Waals surface area contributed by atoms with Crippen molar-refractivity contribution in [3.63, 3.8) is 0 Å². The van der Waals surface area contributed by atoms with Gasteiger partial charge in [0.1, 0.15) is 0 Å². The quantitative estimate of drug-likeness (QED) is 0.164. The van der Waals surface area contributed by atoms with E-state index in [9.17, 15) is 18.9 Å². The van der Waals surface area contributed by atoms with Crippen molar-refractivity contribution in [3.05, 3.63) is 16.4 Å². The number of aromatic nitrogens is 4. The number of hydrogen-bond acceptors (Lipinski definition) is 11. The van der Waals surface area contributed by atoms with Crippen molar-refractivity contribution in [2.45, 2.75) is 25.2 Å². The van der Waals surface area contributed by atoms with Crippen LogP contribution in [0.5, 0.6) is 0 Å². The van der Waals surface area contributed by atoms with Crippen LogP contribution < -0.4 is 0 Å². The van der Waals surface area contributed by atoms with Gasteiger partial charge in [0.2, 0.25) is 0 Å². The fourth-order valence-corrected chi connectivity index (χ4v) is 6.41. The second-order valence-corrected chi connectivity index (χ2v) is 11.5. The van der Waals surface area contributed by atoms with Crippen LogP contribution in [0.2, 0.25) is 0 Å². The number of phosphoric acid groups is 2. The van der Waals surface area contributed by atoms with E-state index in [-0.39, 0.29) is 0 Å². The third kappa shape index (κ3) is 6.40. The second-order valence-electron chi connectivity index (χ2n) is 5.77. The maximum absolute atomic E-state index is 11.4. The summed E-state index contributed by atoms with van der Waals surface area (Å²) in [5.74, 6) is 0. The van der Waals surface area contributed by atoms with E-state index in [1.54, 1.807) is 4.57 Å². The van der Waals surface area contributed by atoms with Crippen LogP contribution in [0.25, 0.3) is 11.2 Å². The van der Waals surface area contributed by atoms with Crippen LogP contribution >= 0.6 is 46.4 Å². The van der Waals surface area contributed by atoms with E-state index in [0.717, 1.165) is 0 Å². The minimum absolute atomic E-state index is 0.426. The Kier molecular flexibility index (Phi) is 7.08. The molecule has 3 heterocycles. The Labute approximate surface area is 176 Å². The Morgan fingerprint density at radius 1 is 1.24 bits per heavy atom. The van der Waals surface area contributed by atoms with E-state index in [2.05, 4.69) is 23.6 Å². The van der Waals surface area contributed by atoms with Crippen LogP contribution in [0.3, 0.4) is 0 Å². The average Bonchev–Trinajstić information content (AvgIpc) is 3.16. The van der Waals surface area contributed by atoms with Gasteiger partial charge in [-0.15, -0.1) is 0 Å². The van der Waals surface area contributed by atoms with Gasteiger partial charge in [0.05, 0.1) is 0 Å².